The lowest BCUT2D eigenvalue weighted by molar-refractivity contribution is -2.00. The summed E-state index contributed by atoms with van der Waals surface area (Å²) in [7, 11) is -8.84. The number of sulfonamides is 1. The molecule has 0 saturated carbocycles. The number of hydrogen-bond acceptors (Lipinski definition) is 7. The van der Waals surface area contributed by atoms with Crippen LogP contribution in [0.3, 0.4) is 0 Å². The monoisotopic (exact) mass is 548 g/mol. The molecular weight excluding hydrogens is 524 g/mol. The Hall–Kier alpha value is -3.36. The zero-order valence-electron chi connectivity index (χ0n) is 20.4. The van der Waals surface area contributed by atoms with Crippen molar-refractivity contribution in [3.8, 4) is 11.1 Å². The van der Waals surface area contributed by atoms with E-state index in [2.05, 4.69) is 10.4 Å². The summed E-state index contributed by atoms with van der Waals surface area (Å²) in [5, 5.41) is 5.95. The molecule has 0 aliphatic heterocycles. The van der Waals surface area contributed by atoms with Gasteiger partial charge in [0.15, 0.2) is 0 Å². The van der Waals surface area contributed by atoms with Crippen LogP contribution in [0, 0.1) is 37.9 Å². The minimum atomic E-state index is -4.94. The van der Waals surface area contributed by atoms with E-state index < -0.39 is 20.3 Å². The number of pyridine rings is 1. The van der Waals surface area contributed by atoms with Crippen molar-refractivity contribution in [2.24, 2.45) is 5.14 Å². The zero-order chi connectivity index (χ0) is 27.7. The van der Waals surface area contributed by atoms with Crippen LogP contribution < -0.4 is 33.9 Å². The highest BCUT2D eigenvalue weighted by Gasteiger charge is 2.24. The van der Waals surface area contributed by atoms with Gasteiger partial charge in [0.1, 0.15) is 5.69 Å². The third-order valence-corrected chi connectivity index (χ3v) is 6.37. The molecule has 0 spiro atoms. The van der Waals surface area contributed by atoms with E-state index in [0.29, 0.717) is 22.2 Å². The second kappa shape index (κ2) is 10.6. The first-order valence-electron chi connectivity index (χ1n) is 10.7. The van der Waals surface area contributed by atoms with E-state index in [-0.39, 0.29) is 10.8 Å². The molecule has 2 aromatic heterocycles. The van der Waals surface area contributed by atoms with Crippen molar-refractivity contribution in [3.63, 3.8) is 0 Å². The molecule has 196 valence electrons. The molecule has 0 unspecified atom stereocenters. The number of aryl methyl sites for hydroxylation is 4. The number of nitrogens with two attached hydrogens (primary N) is 1. The number of carbonyl (C=O) groups excluding carboxylic acids is 1. The van der Waals surface area contributed by atoms with Gasteiger partial charge in [-0.15, -0.1) is 15.7 Å². The van der Waals surface area contributed by atoms with Gasteiger partial charge in [-0.05, 0) is 43.2 Å². The highest BCUT2D eigenvalue weighted by Crippen LogP contribution is 2.34. The number of H-pyrrole nitrogens is 1. The third-order valence-electron chi connectivity index (χ3n) is 5.46. The fourth-order valence-corrected chi connectivity index (χ4v) is 4.52. The number of aromatic nitrogens is 2. The zero-order valence-corrected chi connectivity index (χ0v) is 21.9. The topological polar surface area (TPSA) is 201 Å². The summed E-state index contributed by atoms with van der Waals surface area (Å²) in [4.78, 5) is 16.6. The fraction of sp³-hybridized carbons (Fsp3) is 0.167. The quantitative estimate of drug-likeness (QED) is 0.261. The van der Waals surface area contributed by atoms with Crippen molar-refractivity contribution in [3.05, 3.63) is 82.8 Å². The van der Waals surface area contributed by atoms with Crippen LogP contribution in [0.2, 0.25) is 0 Å². The average Bonchev–Trinajstić information content (AvgIpc) is 3.14. The third kappa shape index (κ3) is 7.11. The van der Waals surface area contributed by atoms with Crippen LogP contribution in [0.15, 0.2) is 59.5 Å². The Morgan fingerprint density at radius 3 is 1.95 bits per heavy atom. The number of benzene rings is 2. The number of amides is 1. The van der Waals surface area contributed by atoms with Gasteiger partial charge in [-0.1, -0.05) is 34.5 Å². The molecule has 0 bridgehead atoms. The van der Waals surface area contributed by atoms with Gasteiger partial charge in [-0.25, -0.2) is 32.2 Å². The summed E-state index contributed by atoms with van der Waals surface area (Å²) in [5.74, 6) is -0.339. The van der Waals surface area contributed by atoms with Gasteiger partial charge in [0, 0.05) is 42.4 Å². The fourth-order valence-electron chi connectivity index (χ4n) is 3.98. The van der Waals surface area contributed by atoms with Crippen molar-refractivity contribution < 1.29 is 46.8 Å². The molecule has 0 aliphatic carbocycles. The number of rotatable bonds is 4. The molecule has 4 rings (SSSR count). The Bertz CT molecular complexity index is 1550. The molecule has 0 fully saturated rings. The Kier molecular flexibility index (Phi) is 8.05. The molecule has 4 N–H and O–H groups in total. The molecule has 11 nitrogen and oxygen atoms in total. The van der Waals surface area contributed by atoms with E-state index >= 15 is 0 Å². The van der Waals surface area contributed by atoms with Gasteiger partial charge < -0.3 is 4.98 Å². The molecule has 1 amide bonds. The van der Waals surface area contributed by atoms with E-state index in [1.807, 2.05) is 64.1 Å². The predicted molar refractivity (Wildman–Crippen MR) is 124 cm³/mol. The lowest BCUT2D eigenvalue weighted by atomic mass is 10.0. The van der Waals surface area contributed by atoms with Crippen molar-refractivity contribution >= 4 is 26.8 Å². The van der Waals surface area contributed by atoms with Gasteiger partial charge in [0.05, 0.1) is 4.90 Å². The number of nitrogens with one attached hydrogen (secondary N) is 2. The Morgan fingerprint density at radius 1 is 0.892 bits per heavy atom. The van der Waals surface area contributed by atoms with Gasteiger partial charge in [-0.3, -0.25) is 4.79 Å². The summed E-state index contributed by atoms with van der Waals surface area (Å²) in [6.45, 7) is 7.82. The maximum atomic E-state index is 13.4. The SMILES string of the molecule is Cc1ccc(-c2c(C(=O)N[n+]3c(C)cc(C)cc3C)[nH]c3ccc(S(N)(=O)=O)cc23)cc1.[O-][Cl+3]([O-])([O-])[O-]. The van der Waals surface area contributed by atoms with E-state index in [1.165, 1.54) is 12.1 Å². The summed E-state index contributed by atoms with van der Waals surface area (Å²) in [6.07, 6.45) is 0. The average molecular weight is 549 g/mol. The van der Waals surface area contributed by atoms with Gasteiger partial charge in [0.2, 0.25) is 21.4 Å². The van der Waals surface area contributed by atoms with Crippen LogP contribution >= 0.6 is 0 Å². The van der Waals surface area contributed by atoms with Crippen molar-refractivity contribution in [2.75, 3.05) is 5.43 Å². The lowest BCUT2D eigenvalue weighted by Crippen LogP contribution is -2.68. The van der Waals surface area contributed by atoms with Gasteiger partial charge >= 0.3 is 5.91 Å². The number of aromatic amines is 1. The largest absolute Gasteiger partial charge is 0.350 e. The molecular formula is C24H25ClN4O7S. The normalized spacial score (nSPS) is 11.7. The molecule has 0 radical (unpaired) electrons. The predicted octanol–water partition coefficient (Wildman–Crippen LogP) is -1.37. The second-order valence-corrected chi connectivity index (χ2v) is 10.8. The number of primary sulfonamides is 1. The van der Waals surface area contributed by atoms with Crippen LogP contribution in [0.5, 0.6) is 0 Å². The maximum absolute atomic E-state index is 13.4. The van der Waals surface area contributed by atoms with Crippen LogP contribution in [-0.4, -0.2) is 19.3 Å². The van der Waals surface area contributed by atoms with Gasteiger partial charge in [0.25, 0.3) is 0 Å². The Balaban J connectivity index is 0.000000695. The van der Waals surface area contributed by atoms with E-state index in [9.17, 15) is 13.2 Å². The van der Waals surface area contributed by atoms with Crippen molar-refractivity contribution in [1.82, 2.24) is 4.98 Å². The minimum Gasteiger partial charge on any atom is -0.350 e. The molecule has 2 aromatic carbocycles. The number of nitrogens with zero attached hydrogens (tertiary/aromatic N) is 1. The smallest absolute Gasteiger partial charge is 0.322 e. The molecule has 13 heteroatoms. The van der Waals surface area contributed by atoms with Crippen LogP contribution in [0.1, 0.15) is 33.0 Å². The number of carbonyl (C=O) groups is 1. The molecule has 2 heterocycles. The highest BCUT2D eigenvalue weighted by molar-refractivity contribution is 7.89. The highest BCUT2D eigenvalue weighted by atomic mass is 35.7. The van der Waals surface area contributed by atoms with Gasteiger partial charge in [-0.2, -0.15) is 0 Å². The maximum Gasteiger partial charge on any atom is 0.322 e. The minimum absolute atomic E-state index is 0.0103. The molecule has 37 heavy (non-hydrogen) atoms. The van der Waals surface area contributed by atoms with Crippen LogP contribution in [0.25, 0.3) is 22.0 Å². The number of fused-ring (bicyclic) bond motifs is 1. The summed E-state index contributed by atoms with van der Waals surface area (Å²) >= 11 is 0. The molecule has 4 aromatic rings. The molecule has 0 aliphatic rings. The molecule has 0 atom stereocenters. The Labute approximate surface area is 215 Å². The summed E-state index contributed by atoms with van der Waals surface area (Å²) < 4.78 is 59.6. The second-order valence-electron chi connectivity index (χ2n) is 8.46. The van der Waals surface area contributed by atoms with E-state index in [0.717, 1.165) is 28.1 Å². The van der Waals surface area contributed by atoms with Crippen molar-refractivity contribution in [1.29, 1.82) is 0 Å². The summed E-state index contributed by atoms with van der Waals surface area (Å²) in [5.41, 5.74) is 9.29. The van der Waals surface area contributed by atoms with Crippen molar-refractivity contribution in [2.45, 2.75) is 32.6 Å². The Morgan fingerprint density at radius 2 is 1.43 bits per heavy atom. The number of hydrogen-bond donors (Lipinski definition) is 3. The first-order valence-corrected chi connectivity index (χ1v) is 13.5. The standard InChI is InChI=1S/C24H24N4O3S.ClHO4/c1-14-5-7-18(8-6-14)22-20-13-19(32(25,30)31)9-10-21(20)26-23(22)24(29)27-28-16(3)11-15(2)12-17(28)4;2-1(3,4)5/h5-13H,1-4H3,(H3-,25,26,27,29,30,31);(H,2,3,4,5). The first-order chi connectivity index (χ1) is 17.0. The van der Waals surface area contributed by atoms with E-state index in [4.69, 9.17) is 23.8 Å². The van der Waals surface area contributed by atoms with Crippen LogP contribution in [0.4, 0.5) is 0 Å². The van der Waals surface area contributed by atoms with Crippen LogP contribution in [-0.2, 0) is 10.0 Å². The summed E-state index contributed by atoms with van der Waals surface area (Å²) in [6, 6.07) is 16.2. The van der Waals surface area contributed by atoms with E-state index in [1.54, 1.807) is 10.7 Å². The lowest BCUT2D eigenvalue weighted by Gasteiger charge is -2.17. The molecule has 0 saturated heterocycles. The first kappa shape index (κ1) is 28.2. The number of halogens is 1.